The van der Waals surface area contributed by atoms with Gasteiger partial charge < -0.3 is 5.32 Å². The molecule has 0 bridgehead atoms. The molecule has 4 rings (SSSR count). The maximum absolute atomic E-state index is 12.7. The van der Waals surface area contributed by atoms with Crippen LogP contribution < -0.4 is 5.32 Å². The van der Waals surface area contributed by atoms with Crippen LogP contribution in [0, 0.1) is 17.0 Å². The quantitative estimate of drug-likeness (QED) is 0.346. The topological polar surface area (TPSA) is 103 Å². The van der Waals surface area contributed by atoms with Crippen molar-refractivity contribution in [3.05, 3.63) is 86.4 Å². The number of hydrogen-bond acceptors (Lipinski definition) is 5. The van der Waals surface area contributed by atoms with Gasteiger partial charge in [-0.3, -0.25) is 14.9 Å². The molecular weight excluding hydrogens is 418 g/mol. The number of fused-ring (bicyclic) bond motifs is 1. The van der Waals surface area contributed by atoms with Crippen molar-refractivity contribution in [3.63, 3.8) is 0 Å². The van der Waals surface area contributed by atoms with E-state index in [1.54, 1.807) is 10.9 Å². The number of nitrogens with one attached hydrogen (secondary N) is 1. The van der Waals surface area contributed by atoms with Gasteiger partial charge in [0.1, 0.15) is 16.1 Å². The fourth-order valence-electron chi connectivity index (χ4n) is 3.17. The molecule has 0 radical (unpaired) electrons. The van der Waals surface area contributed by atoms with Crippen LogP contribution in [0.25, 0.3) is 16.7 Å². The minimum Gasteiger partial charge on any atom is -0.322 e. The molecule has 8 nitrogen and oxygen atoms in total. The van der Waals surface area contributed by atoms with Gasteiger partial charge in [0.25, 0.3) is 11.6 Å². The summed E-state index contributed by atoms with van der Waals surface area (Å²) in [4.78, 5) is 24.7. The molecule has 156 valence electrons. The lowest BCUT2D eigenvalue weighted by atomic mass is 10.1. The first-order valence-electron chi connectivity index (χ1n) is 9.58. The fourth-order valence-corrected chi connectivity index (χ4v) is 3.36. The number of rotatable bonds is 5. The van der Waals surface area contributed by atoms with Crippen molar-refractivity contribution in [2.24, 2.45) is 0 Å². The number of carbonyl (C=O) groups excluding carboxylic acids is 1. The summed E-state index contributed by atoms with van der Waals surface area (Å²) in [6.07, 6.45) is 0.952. The number of anilines is 1. The number of aryl methyl sites for hydroxylation is 2. The molecule has 3 aromatic carbocycles. The molecule has 31 heavy (non-hydrogen) atoms. The van der Waals surface area contributed by atoms with Crippen LogP contribution >= 0.6 is 11.6 Å². The molecule has 1 aromatic heterocycles. The highest BCUT2D eigenvalue weighted by molar-refractivity contribution is 6.32. The number of halogens is 1. The Bertz CT molecular complexity index is 1310. The first-order valence-corrected chi connectivity index (χ1v) is 9.96. The number of nitro benzene ring substituents is 1. The lowest BCUT2D eigenvalue weighted by Gasteiger charge is -2.08. The number of benzene rings is 3. The van der Waals surface area contributed by atoms with E-state index >= 15 is 0 Å². The highest BCUT2D eigenvalue weighted by Gasteiger charge is 2.17. The molecule has 0 aliphatic carbocycles. The van der Waals surface area contributed by atoms with Crippen LogP contribution in [0.3, 0.4) is 0 Å². The van der Waals surface area contributed by atoms with Crippen LogP contribution in [-0.2, 0) is 6.42 Å². The maximum Gasteiger partial charge on any atom is 0.288 e. The van der Waals surface area contributed by atoms with Crippen LogP contribution in [0.2, 0.25) is 5.02 Å². The molecule has 4 aromatic rings. The number of carbonyl (C=O) groups is 1. The highest BCUT2D eigenvalue weighted by atomic mass is 35.5. The summed E-state index contributed by atoms with van der Waals surface area (Å²) in [6, 6.07) is 15.5. The van der Waals surface area contributed by atoms with Crippen molar-refractivity contribution in [3.8, 4) is 5.69 Å². The lowest BCUT2D eigenvalue weighted by molar-refractivity contribution is -0.384. The molecule has 1 amide bonds. The predicted molar refractivity (Wildman–Crippen MR) is 119 cm³/mol. The summed E-state index contributed by atoms with van der Waals surface area (Å²) in [5, 5.41) is 22.9. The summed E-state index contributed by atoms with van der Waals surface area (Å²) in [5.41, 5.74) is 4.52. The van der Waals surface area contributed by atoms with E-state index in [1.165, 1.54) is 17.7 Å². The van der Waals surface area contributed by atoms with E-state index in [-0.39, 0.29) is 16.3 Å². The summed E-state index contributed by atoms with van der Waals surface area (Å²) in [5.74, 6) is -0.482. The van der Waals surface area contributed by atoms with Gasteiger partial charge in [-0.25, -0.2) is 0 Å². The molecule has 0 aliphatic heterocycles. The molecule has 0 fully saturated rings. The smallest absolute Gasteiger partial charge is 0.288 e. The van der Waals surface area contributed by atoms with Gasteiger partial charge in [-0.15, -0.1) is 10.2 Å². The molecule has 1 N–H and O–H groups in total. The Morgan fingerprint density at radius 2 is 1.77 bits per heavy atom. The Morgan fingerprint density at radius 3 is 2.42 bits per heavy atom. The number of hydrogen-bond donors (Lipinski definition) is 1. The van der Waals surface area contributed by atoms with Gasteiger partial charge >= 0.3 is 0 Å². The lowest BCUT2D eigenvalue weighted by Crippen LogP contribution is -2.13. The molecule has 0 saturated carbocycles. The van der Waals surface area contributed by atoms with Crippen molar-refractivity contribution in [2.75, 3.05) is 5.32 Å². The van der Waals surface area contributed by atoms with Crippen molar-refractivity contribution >= 4 is 39.9 Å². The molecule has 0 aliphatic rings. The van der Waals surface area contributed by atoms with Crippen LogP contribution in [0.15, 0.2) is 54.6 Å². The van der Waals surface area contributed by atoms with Crippen LogP contribution in [0.5, 0.6) is 0 Å². The standard InChI is InChI=1S/C22H18ClN5O3/c1-3-14-4-7-16(8-5-14)27-25-19-10-13(2)18(12-20(19)26-27)24-22(29)15-6-9-17(23)21(11-15)28(30)31/h4-12H,3H2,1-2H3,(H,24,29). The largest absolute Gasteiger partial charge is 0.322 e. The van der Waals surface area contributed by atoms with Gasteiger partial charge in [-0.05, 0) is 60.9 Å². The SMILES string of the molecule is CCc1ccc(-n2nc3cc(C)c(NC(=O)c4ccc(Cl)c([N+](=O)[O-])c4)cc3n2)cc1. The normalized spacial score (nSPS) is 10.9. The Balaban J connectivity index is 1.63. The van der Waals surface area contributed by atoms with E-state index in [1.807, 2.05) is 37.3 Å². The average molecular weight is 436 g/mol. The third-order valence-corrected chi connectivity index (χ3v) is 5.27. The molecule has 0 spiro atoms. The zero-order chi connectivity index (χ0) is 22.1. The molecular formula is C22H18ClN5O3. The van der Waals surface area contributed by atoms with Gasteiger partial charge in [0.15, 0.2) is 0 Å². The van der Waals surface area contributed by atoms with Crippen LogP contribution in [0.1, 0.15) is 28.4 Å². The van der Waals surface area contributed by atoms with E-state index in [0.29, 0.717) is 16.7 Å². The second-order valence-electron chi connectivity index (χ2n) is 7.04. The third-order valence-electron chi connectivity index (χ3n) is 4.96. The van der Waals surface area contributed by atoms with Gasteiger partial charge in [0.05, 0.1) is 10.6 Å². The number of nitrogens with zero attached hydrogens (tertiary/aromatic N) is 4. The Labute approximate surface area is 182 Å². The first kappa shape index (κ1) is 20.5. The van der Waals surface area contributed by atoms with Gasteiger partial charge in [-0.2, -0.15) is 4.80 Å². The van der Waals surface area contributed by atoms with Gasteiger partial charge in [0, 0.05) is 17.3 Å². The zero-order valence-corrected chi connectivity index (χ0v) is 17.6. The van der Waals surface area contributed by atoms with E-state index in [2.05, 4.69) is 22.4 Å². The summed E-state index contributed by atoms with van der Waals surface area (Å²) in [7, 11) is 0. The molecule has 0 saturated heterocycles. The zero-order valence-electron chi connectivity index (χ0n) is 16.8. The van der Waals surface area contributed by atoms with Crippen molar-refractivity contribution in [2.45, 2.75) is 20.3 Å². The highest BCUT2D eigenvalue weighted by Crippen LogP contribution is 2.27. The Morgan fingerprint density at radius 1 is 1.10 bits per heavy atom. The molecule has 0 atom stereocenters. The van der Waals surface area contributed by atoms with E-state index in [0.717, 1.165) is 23.7 Å². The van der Waals surface area contributed by atoms with Gasteiger partial charge in [0.2, 0.25) is 0 Å². The van der Waals surface area contributed by atoms with Crippen LogP contribution in [-0.4, -0.2) is 25.8 Å². The molecule has 1 heterocycles. The summed E-state index contributed by atoms with van der Waals surface area (Å²) >= 11 is 5.83. The average Bonchev–Trinajstić information content (AvgIpc) is 3.16. The van der Waals surface area contributed by atoms with Crippen molar-refractivity contribution in [1.82, 2.24) is 15.0 Å². The minimum absolute atomic E-state index is 0.0252. The maximum atomic E-state index is 12.7. The summed E-state index contributed by atoms with van der Waals surface area (Å²) < 4.78 is 0. The molecule has 0 unspecified atom stereocenters. The third kappa shape index (κ3) is 4.10. The van der Waals surface area contributed by atoms with Crippen molar-refractivity contribution in [1.29, 1.82) is 0 Å². The van der Waals surface area contributed by atoms with E-state index in [9.17, 15) is 14.9 Å². The minimum atomic E-state index is -0.623. The number of aromatic nitrogens is 3. The fraction of sp³-hybridized carbons (Fsp3) is 0.136. The summed E-state index contributed by atoms with van der Waals surface area (Å²) in [6.45, 7) is 3.94. The first-order chi connectivity index (χ1) is 14.9. The Kier molecular flexibility index (Phi) is 5.39. The second kappa shape index (κ2) is 8.16. The second-order valence-corrected chi connectivity index (χ2v) is 7.45. The van der Waals surface area contributed by atoms with Crippen LogP contribution in [0.4, 0.5) is 11.4 Å². The van der Waals surface area contributed by atoms with E-state index in [4.69, 9.17) is 11.6 Å². The predicted octanol–water partition coefficient (Wildman–Crippen LogP) is 5.11. The van der Waals surface area contributed by atoms with E-state index < -0.39 is 10.8 Å². The monoisotopic (exact) mass is 435 g/mol. The van der Waals surface area contributed by atoms with Crippen molar-refractivity contribution < 1.29 is 9.72 Å². The molecule has 9 heteroatoms. The number of amides is 1. The number of nitro groups is 1. The Hall–Kier alpha value is -3.78. The van der Waals surface area contributed by atoms with Gasteiger partial charge in [-0.1, -0.05) is 30.7 Å².